The number of amides is 1. The molecule has 1 amide bonds. The Morgan fingerprint density at radius 3 is 2.65 bits per heavy atom. The third-order valence-corrected chi connectivity index (χ3v) is 4.12. The first kappa shape index (κ1) is 13.7. The van der Waals surface area contributed by atoms with Crippen LogP contribution in [0.25, 0.3) is 0 Å². The van der Waals surface area contributed by atoms with Crippen molar-refractivity contribution < 1.29 is 4.79 Å². The molecule has 2 heterocycles. The Kier molecular flexibility index (Phi) is 4.10. The lowest BCUT2D eigenvalue weighted by atomic mass is 10.1. The van der Waals surface area contributed by atoms with Crippen molar-refractivity contribution >= 4 is 28.9 Å². The fraction of sp³-hybridized carbons (Fsp3) is 0.500. The standard InChI is InChI=1S/C14H19ClN4O/c15-11-9-10(18-14(20)12-3-4-17-12)1-2-13(11)19-7-5-16-6-8-19/h1-2,9,12,16-17H,3-8H2,(H,18,20)/t12-/m0/s1. The first-order valence-electron chi connectivity index (χ1n) is 7.03. The van der Waals surface area contributed by atoms with E-state index in [1.807, 2.05) is 18.2 Å². The summed E-state index contributed by atoms with van der Waals surface area (Å²) in [5.41, 5.74) is 1.79. The maximum Gasteiger partial charge on any atom is 0.241 e. The molecule has 3 N–H and O–H groups in total. The third-order valence-electron chi connectivity index (χ3n) is 3.81. The van der Waals surface area contributed by atoms with Gasteiger partial charge in [-0.1, -0.05) is 11.6 Å². The second-order valence-electron chi connectivity index (χ2n) is 5.19. The molecule has 1 aromatic carbocycles. The second kappa shape index (κ2) is 5.99. The molecule has 108 valence electrons. The molecule has 2 aliphatic heterocycles. The molecule has 0 aromatic heterocycles. The minimum absolute atomic E-state index is 0.0160. The third kappa shape index (κ3) is 2.90. The monoisotopic (exact) mass is 294 g/mol. The summed E-state index contributed by atoms with van der Waals surface area (Å²) >= 11 is 6.34. The van der Waals surface area contributed by atoms with Gasteiger partial charge < -0.3 is 20.9 Å². The van der Waals surface area contributed by atoms with E-state index in [4.69, 9.17) is 11.6 Å². The van der Waals surface area contributed by atoms with Gasteiger partial charge in [0.05, 0.1) is 16.8 Å². The van der Waals surface area contributed by atoms with Crippen molar-refractivity contribution in [2.75, 3.05) is 42.9 Å². The van der Waals surface area contributed by atoms with Crippen LogP contribution >= 0.6 is 11.6 Å². The summed E-state index contributed by atoms with van der Waals surface area (Å²) in [5.74, 6) is 0.0160. The number of hydrogen-bond donors (Lipinski definition) is 3. The summed E-state index contributed by atoms with van der Waals surface area (Å²) < 4.78 is 0. The van der Waals surface area contributed by atoms with E-state index in [-0.39, 0.29) is 11.9 Å². The number of carbonyl (C=O) groups excluding carboxylic acids is 1. The van der Waals surface area contributed by atoms with Crippen LogP contribution in [0.3, 0.4) is 0 Å². The smallest absolute Gasteiger partial charge is 0.241 e. The number of halogens is 1. The molecule has 2 fully saturated rings. The molecule has 5 nitrogen and oxygen atoms in total. The van der Waals surface area contributed by atoms with Crippen molar-refractivity contribution in [2.45, 2.75) is 12.5 Å². The molecule has 0 saturated carbocycles. The van der Waals surface area contributed by atoms with E-state index in [0.717, 1.165) is 50.5 Å². The predicted octanol–water partition coefficient (Wildman–Crippen LogP) is 1.05. The van der Waals surface area contributed by atoms with Gasteiger partial charge in [-0.05, 0) is 31.2 Å². The number of nitrogens with zero attached hydrogens (tertiary/aromatic N) is 1. The Balaban J connectivity index is 1.68. The molecule has 1 atom stereocenters. The SMILES string of the molecule is O=C(Nc1ccc(N2CCNCC2)c(Cl)c1)[C@@H]1CCN1. The number of anilines is 2. The molecular formula is C14H19ClN4O. The normalized spacial score (nSPS) is 22.2. The zero-order valence-corrected chi connectivity index (χ0v) is 12.0. The number of benzene rings is 1. The number of hydrogen-bond acceptors (Lipinski definition) is 4. The van der Waals surface area contributed by atoms with Crippen molar-refractivity contribution in [1.82, 2.24) is 10.6 Å². The maximum atomic E-state index is 11.9. The van der Waals surface area contributed by atoms with Crippen LogP contribution in [0.1, 0.15) is 6.42 Å². The molecule has 20 heavy (non-hydrogen) atoms. The quantitative estimate of drug-likeness (QED) is 0.780. The van der Waals surface area contributed by atoms with Gasteiger partial charge in [0, 0.05) is 31.9 Å². The van der Waals surface area contributed by atoms with Gasteiger partial charge >= 0.3 is 0 Å². The number of rotatable bonds is 3. The van der Waals surface area contributed by atoms with Crippen LogP contribution in [-0.4, -0.2) is 44.7 Å². The molecular weight excluding hydrogens is 276 g/mol. The molecule has 0 aliphatic carbocycles. The van der Waals surface area contributed by atoms with Crippen molar-refractivity contribution in [3.63, 3.8) is 0 Å². The van der Waals surface area contributed by atoms with Crippen LogP contribution in [0.2, 0.25) is 5.02 Å². The van der Waals surface area contributed by atoms with Crippen molar-refractivity contribution in [1.29, 1.82) is 0 Å². The Bertz CT molecular complexity index is 498. The minimum atomic E-state index is -0.0541. The lowest BCUT2D eigenvalue weighted by Gasteiger charge is -2.30. The van der Waals surface area contributed by atoms with Gasteiger partial charge in [0.25, 0.3) is 0 Å². The van der Waals surface area contributed by atoms with Gasteiger partial charge in [0.15, 0.2) is 0 Å². The van der Waals surface area contributed by atoms with Crippen molar-refractivity contribution in [3.8, 4) is 0 Å². The molecule has 1 aromatic rings. The predicted molar refractivity (Wildman–Crippen MR) is 81.6 cm³/mol. The Labute approximate surface area is 123 Å². The van der Waals surface area contributed by atoms with Crippen LogP contribution in [0.5, 0.6) is 0 Å². The van der Waals surface area contributed by atoms with E-state index in [9.17, 15) is 4.79 Å². The van der Waals surface area contributed by atoms with Gasteiger partial charge in [-0.15, -0.1) is 0 Å². The lowest BCUT2D eigenvalue weighted by Crippen LogP contribution is -2.50. The van der Waals surface area contributed by atoms with Gasteiger partial charge in [0.2, 0.25) is 5.91 Å². The Hall–Kier alpha value is -1.30. The average Bonchev–Trinajstić information content (AvgIpc) is 2.37. The molecule has 0 bridgehead atoms. The zero-order valence-electron chi connectivity index (χ0n) is 11.3. The molecule has 6 heteroatoms. The molecule has 3 rings (SSSR count). The first-order chi connectivity index (χ1) is 9.74. The number of nitrogens with one attached hydrogen (secondary N) is 3. The largest absolute Gasteiger partial charge is 0.368 e. The van der Waals surface area contributed by atoms with Crippen LogP contribution < -0.4 is 20.9 Å². The molecule has 2 aliphatic rings. The lowest BCUT2D eigenvalue weighted by molar-refractivity contribution is -0.119. The Morgan fingerprint density at radius 2 is 2.05 bits per heavy atom. The average molecular weight is 295 g/mol. The van der Waals surface area contributed by atoms with Gasteiger partial charge in [-0.25, -0.2) is 0 Å². The van der Waals surface area contributed by atoms with E-state index < -0.39 is 0 Å². The number of carbonyl (C=O) groups is 1. The minimum Gasteiger partial charge on any atom is -0.368 e. The van der Waals surface area contributed by atoms with Crippen LogP contribution in [-0.2, 0) is 4.79 Å². The van der Waals surface area contributed by atoms with E-state index in [1.165, 1.54) is 0 Å². The maximum absolute atomic E-state index is 11.9. The highest BCUT2D eigenvalue weighted by atomic mass is 35.5. The van der Waals surface area contributed by atoms with Crippen molar-refractivity contribution in [3.05, 3.63) is 23.2 Å². The highest BCUT2D eigenvalue weighted by Gasteiger charge is 2.24. The zero-order chi connectivity index (χ0) is 13.9. The van der Waals surface area contributed by atoms with Gasteiger partial charge in [-0.2, -0.15) is 0 Å². The molecule has 0 radical (unpaired) electrons. The summed E-state index contributed by atoms with van der Waals surface area (Å²) in [6.07, 6.45) is 0.901. The van der Waals surface area contributed by atoms with E-state index in [1.54, 1.807) is 0 Å². The van der Waals surface area contributed by atoms with Gasteiger partial charge in [-0.3, -0.25) is 4.79 Å². The summed E-state index contributed by atoms with van der Waals surface area (Å²) in [5, 5.41) is 9.99. The van der Waals surface area contributed by atoms with Crippen LogP contribution in [0, 0.1) is 0 Å². The number of piperazine rings is 1. The second-order valence-corrected chi connectivity index (χ2v) is 5.60. The van der Waals surface area contributed by atoms with Gasteiger partial charge in [0.1, 0.15) is 0 Å². The molecule has 0 unspecified atom stereocenters. The topological polar surface area (TPSA) is 56.4 Å². The summed E-state index contributed by atoms with van der Waals surface area (Å²) in [4.78, 5) is 14.1. The first-order valence-corrected chi connectivity index (χ1v) is 7.41. The summed E-state index contributed by atoms with van der Waals surface area (Å²) in [6, 6.07) is 5.67. The van der Waals surface area contributed by atoms with E-state index in [0.29, 0.717) is 5.02 Å². The molecule has 0 spiro atoms. The van der Waals surface area contributed by atoms with E-state index >= 15 is 0 Å². The van der Waals surface area contributed by atoms with Crippen molar-refractivity contribution in [2.24, 2.45) is 0 Å². The summed E-state index contributed by atoms with van der Waals surface area (Å²) in [7, 11) is 0. The van der Waals surface area contributed by atoms with Crippen LogP contribution in [0.15, 0.2) is 18.2 Å². The van der Waals surface area contributed by atoms with Crippen LogP contribution in [0.4, 0.5) is 11.4 Å². The highest BCUT2D eigenvalue weighted by Crippen LogP contribution is 2.29. The summed E-state index contributed by atoms with van der Waals surface area (Å²) in [6.45, 7) is 4.78. The van der Waals surface area contributed by atoms with E-state index in [2.05, 4.69) is 20.9 Å². The fourth-order valence-electron chi connectivity index (χ4n) is 2.49. The molecule has 2 saturated heterocycles. The fourth-order valence-corrected chi connectivity index (χ4v) is 2.79. The highest BCUT2D eigenvalue weighted by molar-refractivity contribution is 6.33. The Morgan fingerprint density at radius 1 is 1.30 bits per heavy atom.